The Morgan fingerprint density at radius 1 is 1.06 bits per heavy atom. The molecule has 1 amide bonds. The van der Waals surface area contributed by atoms with Gasteiger partial charge in [-0.25, -0.2) is 4.98 Å². The molecule has 34 heavy (non-hydrogen) atoms. The molecule has 1 heterocycles. The number of pyridine rings is 1. The SMILES string of the molecule is Cc1cc(N(C)C)ccc1C(=O)N[C@@H]1CCC[C@H](Nc2cc(C(F)(F)F)nc3ccccc23)C1. The smallest absolute Gasteiger partial charge is 0.382 e. The molecule has 0 unspecified atom stereocenters. The van der Waals surface area contributed by atoms with Crippen LogP contribution in [0.5, 0.6) is 0 Å². The molecule has 1 aliphatic rings. The summed E-state index contributed by atoms with van der Waals surface area (Å²) in [6, 6.07) is 13.5. The van der Waals surface area contributed by atoms with Gasteiger partial charge in [0, 0.05) is 48.5 Å². The summed E-state index contributed by atoms with van der Waals surface area (Å²) in [5.74, 6) is -0.123. The number of aromatic nitrogens is 1. The van der Waals surface area contributed by atoms with E-state index in [4.69, 9.17) is 0 Å². The maximum atomic E-state index is 13.4. The molecule has 2 N–H and O–H groups in total. The number of benzene rings is 2. The maximum absolute atomic E-state index is 13.4. The molecule has 8 heteroatoms. The van der Waals surface area contributed by atoms with Crippen LogP contribution in [-0.2, 0) is 6.18 Å². The molecular weight excluding hydrogens is 441 g/mol. The van der Waals surface area contributed by atoms with E-state index in [0.717, 1.165) is 36.6 Å². The largest absolute Gasteiger partial charge is 0.433 e. The Morgan fingerprint density at radius 3 is 2.50 bits per heavy atom. The molecular formula is C26H29F3N4O. The van der Waals surface area contributed by atoms with Crippen LogP contribution in [0.4, 0.5) is 24.5 Å². The first-order valence-corrected chi connectivity index (χ1v) is 11.4. The van der Waals surface area contributed by atoms with E-state index in [1.807, 2.05) is 44.1 Å². The fourth-order valence-corrected chi connectivity index (χ4v) is 4.56. The van der Waals surface area contributed by atoms with Crippen molar-refractivity contribution in [3.63, 3.8) is 0 Å². The lowest BCUT2D eigenvalue weighted by Gasteiger charge is -2.31. The minimum absolute atomic E-state index is 0.0526. The second kappa shape index (κ2) is 9.52. The van der Waals surface area contributed by atoms with Crippen molar-refractivity contribution in [1.29, 1.82) is 0 Å². The predicted octanol–water partition coefficient (Wildman–Crippen LogP) is 5.78. The highest BCUT2D eigenvalue weighted by molar-refractivity contribution is 5.96. The van der Waals surface area contributed by atoms with Crippen molar-refractivity contribution in [2.45, 2.75) is 50.9 Å². The number of carbonyl (C=O) groups is 1. The summed E-state index contributed by atoms with van der Waals surface area (Å²) in [5, 5.41) is 7.09. The van der Waals surface area contributed by atoms with Gasteiger partial charge in [-0.05, 0) is 68.5 Å². The van der Waals surface area contributed by atoms with Crippen LogP contribution in [0.2, 0.25) is 0 Å². The molecule has 1 fully saturated rings. The van der Waals surface area contributed by atoms with Crippen LogP contribution in [0.25, 0.3) is 10.9 Å². The summed E-state index contributed by atoms with van der Waals surface area (Å²) in [6.45, 7) is 1.92. The Morgan fingerprint density at radius 2 is 1.79 bits per heavy atom. The number of hydrogen-bond donors (Lipinski definition) is 2. The number of carbonyl (C=O) groups excluding carboxylic acids is 1. The fraction of sp³-hybridized carbons (Fsp3) is 0.385. The third-order valence-corrected chi connectivity index (χ3v) is 6.35. The van der Waals surface area contributed by atoms with Gasteiger partial charge in [-0.3, -0.25) is 4.79 Å². The van der Waals surface area contributed by atoms with Crippen molar-refractivity contribution < 1.29 is 18.0 Å². The number of alkyl halides is 3. The van der Waals surface area contributed by atoms with E-state index in [9.17, 15) is 18.0 Å². The summed E-state index contributed by atoms with van der Waals surface area (Å²) < 4.78 is 40.2. The summed E-state index contributed by atoms with van der Waals surface area (Å²) in [5.41, 5.74) is 2.37. The summed E-state index contributed by atoms with van der Waals surface area (Å²) in [7, 11) is 3.90. The first-order chi connectivity index (χ1) is 16.1. The number of amides is 1. The highest BCUT2D eigenvalue weighted by Gasteiger charge is 2.34. The molecule has 0 saturated heterocycles. The highest BCUT2D eigenvalue weighted by atomic mass is 19.4. The zero-order valence-corrected chi connectivity index (χ0v) is 19.5. The lowest BCUT2D eigenvalue weighted by Crippen LogP contribution is -2.42. The summed E-state index contributed by atoms with van der Waals surface area (Å²) in [6.07, 6.45) is -1.36. The molecule has 0 aliphatic heterocycles. The molecule has 4 rings (SSSR count). The first-order valence-electron chi connectivity index (χ1n) is 11.4. The Bertz CT molecular complexity index is 1190. The van der Waals surface area contributed by atoms with E-state index >= 15 is 0 Å². The van der Waals surface area contributed by atoms with Crippen molar-refractivity contribution in [1.82, 2.24) is 10.3 Å². The van der Waals surface area contributed by atoms with Gasteiger partial charge in [-0.15, -0.1) is 0 Å². The fourth-order valence-electron chi connectivity index (χ4n) is 4.56. The minimum atomic E-state index is -4.52. The van der Waals surface area contributed by atoms with Gasteiger partial charge in [0.05, 0.1) is 5.52 Å². The highest BCUT2D eigenvalue weighted by Crippen LogP contribution is 2.34. The number of hydrogen-bond acceptors (Lipinski definition) is 4. The van der Waals surface area contributed by atoms with Gasteiger partial charge in [0.15, 0.2) is 0 Å². The lowest BCUT2D eigenvalue weighted by atomic mass is 9.90. The quantitative estimate of drug-likeness (QED) is 0.496. The van der Waals surface area contributed by atoms with Crippen LogP contribution in [0, 0.1) is 6.92 Å². The number of fused-ring (bicyclic) bond motifs is 1. The maximum Gasteiger partial charge on any atom is 0.433 e. The predicted molar refractivity (Wildman–Crippen MR) is 129 cm³/mol. The standard InChI is InChI=1S/C26H29F3N4O/c1-16-13-19(33(2)3)11-12-20(16)25(34)31-18-8-6-7-17(14-18)30-23-15-24(26(27,28)29)32-22-10-5-4-9-21(22)23/h4-5,9-13,15,17-18H,6-8,14H2,1-3H3,(H,30,32)(H,31,34)/t17-,18+/m0/s1. The Balaban J connectivity index is 1.49. The van der Waals surface area contributed by atoms with Crippen molar-refractivity contribution in [2.75, 3.05) is 24.3 Å². The van der Waals surface area contributed by atoms with E-state index in [0.29, 0.717) is 28.6 Å². The second-order valence-electron chi connectivity index (χ2n) is 9.14. The van der Waals surface area contributed by atoms with Gasteiger partial charge < -0.3 is 15.5 Å². The first kappa shape index (κ1) is 23.9. The molecule has 3 aromatic rings. The van der Waals surface area contributed by atoms with Gasteiger partial charge in [0.25, 0.3) is 5.91 Å². The molecule has 0 bridgehead atoms. The normalized spacial score (nSPS) is 18.5. The van der Waals surface area contributed by atoms with E-state index in [1.165, 1.54) is 0 Å². The lowest BCUT2D eigenvalue weighted by molar-refractivity contribution is -0.140. The van der Waals surface area contributed by atoms with E-state index in [1.54, 1.807) is 24.3 Å². The van der Waals surface area contributed by atoms with E-state index in [-0.39, 0.29) is 18.0 Å². The van der Waals surface area contributed by atoms with Gasteiger partial charge in [-0.2, -0.15) is 13.2 Å². The second-order valence-corrected chi connectivity index (χ2v) is 9.14. The molecule has 2 aromatic carbocycles. The van der Waals surface area contributed by atoms with Gasteiger partial charge in [-0.1, -0.05) is 18.2 Å². The van der Waals surface area contributed by atoms with Crippen LogP contribution in [-0.4, -0.2) is 37.1 Å². The van der Waals surface area contributed by atoms with Crippen molar-refractivity contribution in [2.24, 2.45) is 0 Å². The van der Waals surface area contributed by atoms with Gasteiger partial charge in [0.1, 0.15) is 5.69 Å². The van der Waals surface area contributed by atoms with Crippen molar-refractivity contribution in [3.05, 3.63) is 65.4 Å². The Kier molecular flexibility index (Phi) is 6.68. The van der Waals surface area contributed by atoms with Crippen LogP contribution >= 0.6 is 0 Å². The minimum Gasteiger partial charge on any atom is -0.382 e. The Hall–Kier alpha value is -3.29. The molecule has 1 aliphatic carbocycles. The van der Waals surface area contributed by atoms with Crippen LogP contribution in [0.1, 0.15) is 47.3 Å². The average Bonchev–Trinajstić information content (AvgIpc) is 2.78. The number of anilines is 2. The average molecular weight is 471 g/mol. The molecule has 0 spiro atoms. The molecule has 180 valence electrons. The molecule has 1 saturated carbocycles. The third kappa shape index (κ3) is 5.26. The Labute approximate surface area is 197 Å². The number of aryl methyl sites for hydroxylation is 1. The van der Waals surface area contributed by atoms with E-state index < -0.39 is 11.9 Å². The molecule has 1 aromatic heterocycles. The van der Waals surface area contributed by atoms with Gasteiger partial charge >= 0.3 is 6.18 Å². The number of halogens is 3. The zero-order chi connectivity index (χ0) is 24.5. The van der Waals surface area contributed by atoms with Crippen molar-refractivity contribution >= 4 is 28.2 Å². The van der Waals surface area contributed by atoms with Gasteiger partial charge in [0.2, 0.25) is 0 Å². The third-order valence-electron chi connectivity index (χ3n) is 6.35. The molecule has 5 nitrogen and oxygen atoms in total. The van der Waals surface area contributed by atoms with Crippen LogP contribution < -0.4 is 15.5 Å². The molecule has 0 radical (unpaired) electrons. The van der Waals surface area contributed by atoms with Crippen LogP contribution in [0.15, 0.2) is 48.5 Å². The number of para-hydroxylation sites is 1. The number of nitrogens with one attached hydrogen (secondary N) is 2. The monoisotopic (exact) mass is 470 g/mol. The number of rotatable bonds is 5. The van der Waals surface area contributed by atoms with E-state index in [2.05, 4.69) is 15.6 Å². The van der Waals surface area contributed by atoms with Crippen molar-refractivity contribution in [3.8, 4) is 0 Å². The zero-order valence-electron chi connectivity index (χ0n) is 19.5. The molecule has 2 atom stereocenters. The topological polar surface area (TPSA) is 57.3 Å². The summed E-state index contributed by atoms with van der Waals surface area (Å²) >= 11 is 0. The summed E-state index contributed by atoms with van der Waals surface area (Å²) in [4.78, 5) is 18.7. The van der Waals surface area contributed by atoms with Crippen LogP contribution in [0.3, 0.4) is 0 Å². The number of nitrogens with zero attached hydrogens (tertiary/aromatic N) is 2.